The molecule has 1 N–H and O–H groups in total. The predicted octanol–water partition coefficient (Wildman–Crippen LogP) is 3.38. The molecule has 0 radical (unpaired) electrons. The highest BCUT2D eigenvalue weighted by molar-refractivity contribution is 7.10. The lowest BCUT2D eigenvalue weighted by molar-refractivity contribution is -0.148. The van der Waals surface area contributed by atoms with Gasteiger partial charge in [-0.2, -0.15) is 13.2 Å². The van der Waals surface area contributed by atoms with Gasteiger partial charge in [0.25, 0.3) is 0 Å². The third kappa shape index (κ3) is 3.85. The second-order valence-corrected chi connectivity index (χ2v) is 6.02. The van der Waals surface area contributed by atoms with Crippen LogP contribution in [0.5, 0.6) is 0 Å². The molecule has 1 aliphatic rings. The first-order valence-electron chi connectivity index (χ1n) is 7.08. The standard InChI is InChI=1S/C15H16F3NO4S/c1-3-23-14(2)9(5-4-6-11(14)22-7-12(20)21)13-19-10(8-24-13)15(16,17)18/h4-6,8,11H,3,7H2,1-2H3,(H,20,21). The maximum atomic E-state index is 12.8. The average molecular weight is 363 g/mol. The lowest BCUT2D eigenvalue weighted by Gasteiger charge is -2.38. The van der Waals surface area contributed by atoms with Gasteiger partial charge in [-0.3, -0.25) is 0 Å². The quantitative estimate of drug-likeness (QED) is 0.839. The Balaban J connectivity index is 2.36. The zero-order valence-electron chi connectivity index (χ0n) is 13.0. The maximum Gasteiger partial charge on any atom is 0.434 e. The molecule has 0 saturated heterocycles. The number of aromatic nitrogens is 1. The van der Waals surface area contributed by atoms with E-state index in [0.717, 1.165) is 16.7 Å². The van der Waals surface area contributed by atoms with Crippen LogP contribution in [0.25, 0.3) is 5.57 Å². The summed E-state index contributed by atoms with van der Waals surface area (Å²) in [4.78, 5) is 14.4. The Kier molecular flexibility index (Phi) is 5.46. The molecule has 5 nitrogen and oxygen atoms in total. The van der Waals surface area contributed by atoms with Gasteiger partial charge in [0.05, 0.1) is 0 Å². The molecule has 0 bridgehead atoms. The van der Waals surface area contributed by atoms with Gasteiger partial charge in [-0.25, -0.2) is 9.78 Å². The third-order valence-electron chi connectivity index (χ3n) is 3.48. The number of allylic oxidation sites excluding steroid dienone is 2. The van der Waals surface area contributed by atoms with E-state index in [1.165, 1.54) is 0 Å². The summed E-state index contributed by atoms with van der Waals surface area (Å²) in [5.74, 6) is -1.15. The molecule has 132 valence electrons. The van der Waals surface area contributed by atoms with E-state index in [4.69, 9.17) is 14.6 Å². The van der Waals surface area contributed by atoms with Gasteiger partial charge in [-0.05, 0) is 13.8 Å². The molecule has 9 heteroatoms. The van der Waals surface area contributed by atoms with Crippen LogP contribution < -0.4 is 0 Å². The number of carbonyl (C=O) groups is 1. The largest absolute Gasteiger partial charge is 0.480 e. The number of hydrogen-bond donors (Lipinski definition) is 1. The molecule has 1 aliphatic carbocycles. The molecule has 0 amide bonds. The van der Waals surface area contributed by atoms with E-state index < -0.39 is 36.2 Å². The van der Waals surface area contributed by atoms with E-state index in [1.54, 1.807) is 32.1 Å². The molecule has 0 aliphatic heterocycles. The van der Waals surface area contributed by atoms with Crippen LogP contribution >= 0.6 is 11.3 Å². The zero-order chi connectivity index (χ0) is 18.0. The molecule has 2 rings (SSSR count). The lowest BCUT2D eigenvalue weighted by Crippen LogP contribution is -2.45. The molecule has 1 aromatic rings. The van der Waals surface area contributed by atoms with Gasteiger partial charge in [-0.1, -0.05) is 18.2 Å². The summed E-state index contributed by atoms with van der Waals surface area (Å²) in [5.41, 5.74) is -1.69. The third-order valence-corrected chi connectivity index (χ3v) is 4.36. The van der Waals surface area contributed by atoms with Crippen molar-refractivity contribution in [1.29, 1.82) is 0 Å². The van der Waals surface area contributed by atoms with E-state index in [-0.39, 0.29) is 11.6 Å². The molecule has 2 atom stereocenters. The summed E-state index contributed by atoms with van der Waals surface area (Å²) in [5, 5.41) is 9.88. The van der Waals surface area contributed by atoms with Crippen molar-refractivity contribution in [3.63, 3.8) is 0 Å². The van der Waals surface area contributed by atoms with Crippen LogP contribution in [-0.2, 0) is 20.4 Å². The predicted molar refractivity (Wildman–Crippen MR) is 81.6 cm³/mol. The Morgan fingerprint density at radius 3 is 2.75 bits per heavy atom. The van der Waals surface area contributed by atoms with E-state index in [2.05, 4.69) is 4.98 Å². The lowest BCUT2D eigenvalue weighted by atomic mass is 9.85. The number of rotatable bonds is 6. The van der Waals surface area contributed by atoms with Gasteiger partial charge >= 0.3 is 12.1 Å². The van der Waals surface area contributed by atoms with Gasteiger partial charge in [0.15, 0.2) is 5.69 Å². The van der Waals surface area contributed by atoms with E-state index in [9.17, 15) is 18.0 Å². The minimum absolute atomic E-state index is 0.159. The first-order chi connectivity index (χ1) is 11.2. The fourth-order valence-electron chi connectivity index (χ4n) is 2.40. The van der Waals surface area contributed by atoms with Crippen molar-refractivity contribution in [3.8, 4) is 0 Å². The number of ether oxygens (including phenoxy) is 2. The molecule has 0 saturated carbocycles. The number of hydrogen-bond acceptors (Lipinski definition) is 5. The zero-order valence-corrected chi connectivity index (χ0v) is 13.8. The van der Waals surface area contributed by atoms with Crippen molar-refractivity contribution < 1.29 is 32.5 Å². The number of carboxylic acid groups (broad SMARTS) is 1. The minimum atomic E-state index is -4.53. The molecular weight excluding hydrogens is 347 g/mol. The number of halogens is 3. The Labute approximate surface area is 140 Å². The highest BCUT2D eigenvalue weighted by Crippen LogP contribution is 2.41. The van der Waals surface area contributed by atoms with Crippen molar-refractivity contribution in [2.45, 2.75) is 31.7 Å². The SMILES string of the molecule is CCOC1(C)C(c2nc(C(F)(F)F)cs2)=CC=CC1OCC(=O)O. The molecule has 1 aromatic heterocycles. The van der Waals surface area contributed by atoms with Gasteiger partial charge in [0, 0.05) is 17.6 Å². The highest BCUT2D eigenvalue weighted by Gasteiger charge is 2.43. The fraction of sp³-hybridized carbons (Fsp3) is 0.467. The van der Waals surface area contributed by atoms with Crippen LogP contribution in [0.2, 0.25) is 0 Å². The Morgan fingerprint density at radius 1 is 1.50 bits per heavy atom. The van der Waals surface area contributed by atoms with Crippen LogP contribution in [0.1, 0.15) is 24.5 Å². The first-order valence-corrected chi connectivity index (χ1v) is 7.96. The molecule has 24 heavy (non-hydrogen) atoms. The van der Waals surface area contributed by atoms with E-state index >= 15 is 0 Å². The van der Waals surface area contributed by atoms with Gasteiger partial charge in [0.2, 0.25) is 0 Å². The van der Waals surface area contributed by atoms with Crippen LogP contribution in [0.15, 0.2) is 23.6 Å². The van der Waals surface area contributed by atoms with Crippen LogP contribution in [0.3, 0.4) is 0 Å². The van der Waals surface area contributed by atoms with Crippen molar-refractivity contribution in [1.82, 2.24) is 4.98 Å². The van der Waals surface area contributed by atoms with E-state index in [1.807, 2.05) is 0 Å². The molecular formula is C15H16F3NO4S. The number of nitrogens with zero attached hydrogens (tertiary/aromatic N) is 1. The second-order valence-electron chi connectivity index (χ2n) is 5.17. The summed E-state index contributed by atoms with van der Waals surface area (Å²) in [6, 6.07) is 0. The summed E-state index contributed by atoms with van der Waals surface area (Å²) in [6.45, 7) is 3.11. The highest BCUT2D eigenvalue weighted by atomic mass is 32.1. The summed E-state index contributed by atoms with van der Waals surface area (Å²) in [7, 11) is 0. The molecule has 2 unspecified atom stereocenters. The number of alkyl halides is 3. The average Bonchev–Trinajstić information content (AvgIpc) is 2.95. The number of thiazole rings is 1. The summed E-state index contributed by atoms with van der Waals surface area (Å²) in [6.07, 6.45) is -0.472. The Bertz CT molecular complexity index is 668. The summed E-state index contributed by atoms with van der Waals surface area (Å²) < 4.78 is 49.4. The Hall–Kier alpha value is -1.71. The normalized spacial score (nSPS) is 24.0. The van der Waals surface area contributed by atoms with Crippen LogP contribution in [-0.4, -0.2) is 41.0 Å². The first kappa shape index (κ1) is 18.6. The second kappa shape index (κ2) is 7.04. The fourth-order valence-corrected chi connectivity index (χ4v) is 3.36. The van der Waals surface area contributed by atoms with Crippen molar-refractivity contribution >= 4 is 22.9 Å². The number of carboxylic acids is 1. The maximum absolute atomic E-state index is 12.8. The van der Waals surface area contributed by atoms with Crippen molar-refractivity contribution in [2.24, 2.45) is 0 Å². The molecule has 0 spiro atoms. The van der Waals surface area contributed by atoms with Crippen LogP contribution in [0, 0.1) is 0 Å². The monoisotopic (exact) mass is 363 g/mol. The molecule has 0 fully saturated rings. The van der Waals surface area contributed by atoms with Gasteiger partial charge < -0.3 is 14.6 Å². The van der Waals surface area contributed by atoms with Gasteiger partial charge in [-0.15, -0.1) is 11.3 Å². The number of aliphatic carboxylic acids is 1. The smallest absolute Gasteiger partial charge is 0.434 e. The summed E-state index contributed by atoms with van der Waals surface area (Å²) >= 11 is 0.852. The Morgan fingerprint density at radius 2 is 2.21 bits per heavy atom. The minimum Gasteiger partial charge on any atom is -0.480 e. The van der Waals surface area contributed by atoms with E-state index in [0.29, 0.717) is 5.57 Å². The van der Waals surface area contributed by atoms with Crippen molar-refractivity contribution in [3.05, 3.63) is 34.3 Å². The molecule has 0 aromatic carbocycles. The van der Waals surface area contributed by atoms with Crippen molar-refractivity contribution in [2.75, 3.05) is 13.2 Å². The van der Waals surface area contributed by atoms with Crippen LogP contribution in [0.4, 0.5) is 13.2 Å². The molecule has 1 heterocycles. The topological polar surface area (TPSA) is 68.7 Å². The van der Waals surface area contributed by atoms with Gasteiger partial charge in [0.1, 0.15) is 23.3 Å².